The SMILES string of the molecule is O=C1N=Nc2ccc3ncccc3c21. The number of rotatable bonds is 0. The minimum absolute atomic E-state index is 0.279. The minimum Gasteiger partial charge on any atom is -0.265 e. The lowest BCUT2D eigenvalue weighted by Crippen LogP contribution is -1.91. The lowest BCUT2D eigenvalue weighted by molar-refractivity contribution is 0.100. The van der Waals surface area contributed by atoms with E-state index >= 15 is 0 Å². The zero-order valence-corrected chi connectivity index (χ0v) is 7.14. The van der Waals surface area contributed by atoms with Gasteiger partial charge in [0.25, 0.3) is 5.91 Å². The van der Waals surface area contributed by atoms with Crippen LogP contribution in [0.2, 0.25) is 0 Å². The molecule has 0 saturated heterocycles. The number of nitrogens with zero attached hydrogens (tertiary/aromatic N) is 3. The summed E-state index contributed by atoms with van der Waals surface area (Å²) in [5.41, 5.74) is 2.00. The third-order valence-electron chi connectivity index (χ3n) is 2.23. The normalized spacial score (nSPS) is 13.6. The first-order valence-electron chi connectivity index (χ1n) is 4.20. The molecule has 0 aliphatic carbocycles. The average molecular weight is 183 g/mol. The Morgan fingerprint density at radius 1 is 1.07 bits per heavy atom. The lowest BCUT2D eigenvalue weighted by Gasteiger charge is -1.99. The molecule has 66 valence electrons. The van der Waals surface area contributed by atoms with E-state index in [0.717, 1.165) is 10.9 Å². The fourth-order valence-corrected chi connectivity index (χ4v) is 1.60. The number of hydrogen-bond donors (Lipinski definition) is 0. The second-order valence-corrected chi connectivity index (χ2v) is 3.03. The summed E-state index contributed by atoms with van der Waals surface area (Å²) in [5, 5.41) is 8.11. The van der Waals surface area contributed by atoms with Crippen LogP contribution in [0.4, 0.5) is 5.69 Å². The number of hydrogen-bond acceptors (Lipinski definition) is 3. The third-order valence-corrected chi connectivity index (χ3v) is 2.23. The number of amides is 1. The Morgan fingerprint density at radius 2 is 2.00 bits per heavy atom. The van der Waals surface area contributed by atoms with Gasteiger partial charge in [-0.2, -0.15) is 0 Å². The van der Waals surface area contributed by atoms with Crippen molar-refractivity contribution in [1.82, 2.24) is 4.98 Å². The van der Waals surface area contributed by atoms with Crippen LogP contribution >= 0.6 is 0 Å². The molecule has 0 spiro atoms. The Balaban J connectivity index is 2.50. The van der Waals surface area contributed by atoms with E-state index in [2.05, 4.69) is 15.2 Å². The van der Waals surface area contributed by atoms with Gasteiger partial charge in [-0.25, -0.2) is 0 Å². The van der Waals surface area contributed by atoms with Crippen molar-refractivity contribution < 1.29 is 4.79 Å². The summed E-state index contributed by atoms with van der Waals surface area (Å²) in [7, 11) is 0. The smallest absolute Gasteiger partial charge is 0.265 e. The molecule has 4 heteroatoms. The van der Waals surface area contributed by atoms with Gasteiger partial charge in [0.05, 0.1) is 16.8 Å². The van der Waals surface area contributed by atoms with Crippen molar-refractivity contribution in [2.45, 2.75) is 0 Å². The van der Waals surface area contributed by atoms with Crippen molar-refractivity contribution >= 4 is 22.5 Å². The fraction of sp³-hybridized carbons (Fsp3) is 0. The van der Waals surface area contributed by atoms with Crippen LogP contribution in [0.15, 0.2) is 40.7 Å². The van der Waals surface area contributed by atoms with Gasteiger partial charge in [-0.1, -0.05) is 6.07 Å². The number of fused-ring (bicyclic) bond motifs is 3. The van der Waals surface area contributed by atoms with Crippen LogP contribution in [0.5, 0.6) is 0 Å². The van der Waals surface area contributed by atoms with Crippen LogP contribution < -0.4 is 0 Å². The zero-order chi connectivity index (χ0) is 9.54. The summed E-state index contributed by atoms with van der Waals surface area (Å²) >= 11 is 0. The van der Waals surface area contributed by atoms with Crippen molar-refractivity contribution in [3.63, 3.8) is 0 Å². The fourth-order valence-electron chi connectivity index (χ4n) is 1.60. The van der Waals surface area contributed by atoms with E-state index in [4.69, 9.17) is 0 Å². The van der Waals surface area contributed by atoms with Crippen molar-refractivity contribution in [2.75, 3.05) is 0 Å². The second kappa shape index (κ2) is 2.45. The highest BCUT2D eigenvalue weighted by molar-refractivity contribution is 6.12. The Bertz CT molecular complexity index is 575. The maximum Gasteiger partial charge on any atom is 0.298 e. The number of carbonyl (C=O) groups excluding carboxylic acids is 1. The molecule has 1 aromatic carbocycles. The molecule has 0 N–H and O–H groups in total. The highest BCUT2D eigenvalue weighted by Gasteiger charge is 2.20. The van der Waals surface area contributed by atoms with E-state index in [1.165, 1.54) is 0 Å². The average Bonchev–Trinajstić information content (AvgIpc) is 2.61. The van der Waals surface area contributed by atoms with Crippen LogP contribution in [0.3, 0.4) is 0 Å². The van der Waals surface area contributed by atoms with Crippen molar-refractivity contribution in [1.29, 1.82) is 0 Å². The van der Waals surface area contributed by atoms with Crippen molar-refractivity contribution in [3.05, 3.63) is 36.0 Å². The van der Waals surface area contributed by atoms with Gasteiger partial charge < -0.3 is 0 Å². The minimum atomic E-state index is -0.279. The summed E-state index contributed by atoms with van der Waals surface area (Å²) < 4.78 is 0. The lowest BCUT2D eigenvalue weighted by atomic mass is 10.1. The molecule has 0 bridgehead atoms. The third kappa shape index (κ3) is 0.821. The van der Waals surface area contributed by atoms with E-state index in [1.807, 2.05) is 12.1 Å². The highest BCUT2D eigenvalue weighted by Crippen LogP contribution is 2.32. The highest BCUT2D eigenvalue weighted by atomic mass is 16.2. The number of benzene rings is 1. The molecule has 0 atom stereocenters. The molecule has 1 aliphatic heterocycles. The summed E-state index contributed by atoms with van der Waals surface area (Å²) in [6, 6.07) is 7.26. The molecule has 14 heavy (non-hydrogen) atoms. The van der Waals surface area contributed by atoms with Crippen LogP contribution in [-0.4, -0.2) is 10.9 Å². The number of aromatic nitrogens is 1. The molecule has 0 saturated carbocycles. The monoisotopic (exact) mass is 183 g/mol. The first kappa shape index (κ1) is 7.32. The Labute approximate surface area is 79.3 Å². The van der Waals surface area contributed by atoms with Gasteiger partial charge in [0.1, 0.15) is 0 Å². The number of pyridine rings is 1. The van der Waals surface area contributed by atoms with E-state index < -0.39 is 0 Å². The maximum absolute atomic E-state index is 11.4. The molecule has 1 amide bonds. The van der Waals surface area contributed by atoms with Crippen LogP contribution in [0.25, 0.3) is 10.9 Å². The van der Waals surface area contributed by atoms with E-state index in [-0.39, 0.29) is 5.91 Å². The van der Waals surface area contributed by atoms with Gasteiger partial charge in [-0.15, -0.1) is 10.2 Å². The second-order valence-electron chi connectivity index (χ2n) is 3.03. The standard InChI is InChI=1S/C10H5N3O/c14-10-9-6-2-1-5-11-7(6)3-4-8(9)12-13-10/h1-5H. The van der Waals surface area contributed by atoms with Crippen LogP contribution in [-0.2, 0) is 0 Å². The maximum atomic E-state index is 11.4. The Kier molecular flexibility index (Phi) is 1.28. The summed E-state index contributed by atoms with van der Waals surface area (Å²) in [5.74, 6) is -0.279. The summed E-state index contributed by atoms with van der Waals surface area (Å²) in [4.78, 5) is 15.5. The molecule has 3 rings (SSSR count). The molecule has 2 heterocycles. The summed E-state index contributed by atoms with van der Waals surface area (Å²) in [6.45, 7) is 0. The van der Waals surface area contributed by atoms with E-state index in [1.54, 1.807) is 18.3 Å². The molecule has 1 aromatic heterocycles. The molecule has 0 unspecified atom stereocenters. The molecular formula is C10H5N3O. The van der Waals surface area contributed by atoms with Crippen molar-refractivity contribution in [2.24, 2.45) is 10.2 Å². The van der Waals surface area contributed by atoms with Crippen molar-refractivity contribution in [3.8, 4) is 0 Å². The largest absolute Gasteiger partial charge is 0.298 e. The predicted octanol–water partition coefficient (Wildman–Crippen LogP) is 2.47. The van der Waals surface area contributed by atoms with Gasteiger partial charge in [-0.3, -0.25) is 9.78 Å². The molecule has 0 radical (unpaired) electrons. The van der Waals surface area contributed by atoms with Gasteiger partial charge >= 0.3 is 0 Å². The number of carbonyl (C=O) groups is 1. The predicted molar refractivity (Wildman–Crippen MR) is 50.6 cm³/mol. The van der Waals surface area contributed by atoms with E-state index in [9.17, 15) is 4.79 Å². The quantitative estimate of drug-likeness (QED) is 0.629. The molecular weight excluding hydrogens is 178 g/mol. The molecule has 0 fully saturated rings. The zero-order valence-electron chi connectivity index (χ0n) is 7.14. The first-order valence-corrected chi connectivity index (χ1v) is 4.20. The van der Waals surface area contributed by atoms with E-state index in [0.29, 0.717) is 11.3 Å². The molecule has 2 aromatic rings. The molecule has 1 aliphatic rings. The Morgan fingerprint density at radius 3 is 2.93 bits per heavy atom. The molecule has 4 nitrogen and oxygen atoms in total. The van der Waals surface area contributed by atoms with Crippen LogP contribution in [0, 0.1) is 0 Å². The van der Waals surface area contributed by atoms with Gasteiger partial charge in [0, 0.05) is 11.6 Å². The van der Waals surface area contributed by atoms with Gasteiger partial charge in [0.2, 0.25) is 0 Å². The van der Waals surface area contributed by atoms with Gasteiger partial charge in [0.15, 0.2) is 0 Å². The topological polar surface area (TPSA) is 54.7 Å². The Hall–Kier alpha value is -2.10. The first-order chi connectivity index (χ1) is 6.86. The number of azo groups is 1. The van der Waals surface area contributed by atoms with Crippen LogP contribution in [0.1, 0.15) is 10.4 Å². The summed E-state index contributed by atoms with van der Waals surface area (Å²) in [6.07, 6.45) is 1.70. The van der Waals surface area contributed by atoms with Gasteiger partial charge in [-0.05, 0) is 18.2 Å².